The number of carbonyl (C=O) groups excluding carboxylic acids is 1. The van der Waals surface area contributed by atoms with Crippen molar-refractivity contribution in [2.75, 3.05) is 6.54 Å². The van der Waals surface area contributed by atoms with Gasteiger partial charge in [0.25, 0.3) is 0 Å². The van der Waals surface area contributed by atoms with Crippen LogP contribution in [0.5, 0.6) is 0 Å². The first kappa shape index (κ1) is 18.0. The molecule has 0 aromatic heterocycles. The number of halogens is 1. The molecule has 1 rings (SSSR count). The summed E-state index contributed by atoms with van der Waals surface area (Å²) in [7, 11) is 0. The van der Waals surface area contributed by atoms with Crippen molar-refractivity contribution in [3.05, 3.63) is 34.3 Å². The van der Waals surface area contributed by atoms with Crippen LogP contribution < -0.4 is 0 Å². The molecule has 1 amide bonds. The Morgan fingerprint density at radius 2 is 1.81 bits per heavy atom. The lowest BCUT2D eigenvalue weighted by Crippen LogP contribution is -2.48. The highest BCUT2D eigenvalue weighted by molar-refractivity contribution is 9.10. The molecular weight excluding hydrogens is 330 g/mol. The fourth-order valence-corrected chi connectivity index (χ4v) is 2.40. The Balaban J connectivity index is 2.78. The van der Waals surface area contributed by atoms with Crippen LogP contribution in [-0.4, -0.2) is 28.7 Å². The van der Waals surface area contributed by atoms with Crippen LogP contribution in [0.4, 0.5) is 4.79 Å². The molecule has 0 N–H and O–H groups in total. The first-order chi connectivity index (χ1) is 9.49. The number of ether oxygens (including phenoxy) is 1. The molecular formula is C17H26BrNO2. The average Bonchev–Trinajstić information content (AvgIpc) is 2.24. The van der Waals surface area contributed by atoms with E-state index >= 15 is 0 Å². The molecule has 0 bridgehead atoms. The molecule has 0 saturated carbocycles. The summed E-state index contributed by atoms with van der Waals surface area (Å²) in [6, 6.07) is 8.16. The van der Waals surface area contributed by atoms with Crippen molar-refractivity contribution in [2.45, 2.75) is 59.1 Å². The summed E-state index contributed by atoms with van der Waals surface area (Å²) in [5, 5.41) is 0. The van der Waals surface area contributed by atoms with Gasteiger partial charge in [-0.05, 0) is 65.7 Å². The van der Waals surface area contributed by atoms with Crippen molar-refractivity contribution in [3.63, 3.8) is 0 Å². The van der Waals surface area contributed by atoms with E-state index in [0.29, 0.717) is 6.54 Å². The number of benzene rings is 1. The second kappa shape index (κ2) is 6.82. The summed E-state index contributed by atoms with van der Waals surface area (Å²) in [6.45, 7) is 12.4. The van der Waals surface area contributed by atoms with Crippen LogP contribution in [0.25, 0.3) is 0 Å². The summed E-state index contributed by atoms with van der Waals surface area (Å²) in [4.78, 5) is 14.2. The maximum atomic E-state index is 12.4. The van der Waals surface area contributed by atoms with Gasteiger partial charge in [0.15, 0.2) is 0 Å². The molecule has 0 radical (unpaired) electrons. The Bertz CT molecular complexity index is 486. The lowest BCUT2D eigenvalue weighted by atomic mass is 10.0. The minimum absolute atomic E-state index is 0.259. The van der Waals surface area contributed by atoms with Gasteiger partial charge in [0.2, 0.25) is 0 Å². The van der Waals surface area contributed by atoms with E-state index in [0.717, 1.165) is 10.9 Å². The number of carbonyl (C=O) groups is 1. The molecule has 0 saturated heterocycles. The number of nitrogens with zero attached hydrogens (tertiary/aromatic N) is 1. The fourth-order valence-electron chi connectivity index (χ4n) is 1.95. The fraction of sp³-hybridized carbons (Fsp3) is 0.588. The third-order valence-electron chi connectivity index (χ3n) is 2.94. The SMILES string of the molecule is CC(C)(C)OC(=O)N(CCc1cccc(Br)c1)C(C)(C)C. The van der Waals surface area contributed by atoms with Crippen LogP contribution in [0.2, 0.25) is 0 Å². The molecule has 3 nitrogen and oxygen atoms in total. The zero-order valence-electron chi connectivity index (χ0n) is 13.9. The highest BCUT2D eigenvalue weighted by Crippen LogP contribution is 2.20. The second-order valence-electron chi connectivity index (χ2n) is 7.18. The van der Waals surface area contributed by atoms with Crippen molar-refractivity contribution in [2.24, 2.45) is 0 Å². The average molecular weight is 356 g/mol. The highest BCUT2D eigenvalue weighted by Gasteiger charge is 2.30. The van der Waals surface area contributed by atoms with Crippen molar-refractivity contribution in [1.29, 1.82) is 0 Å². The standard InChI is InChI=1S/C17H26BrNO2/c1-16(2,3)19(15(20)21-17(4,5)6)11-10-13-8-7-9-14(18)12-13/h7-9,12H,10-11H2,1-6H3. The van der Waals surface area contributed by atoms with Crippen LogP contribution in [-0.2, 0) is 11.2 Å². The molecule has 1 aromatic carbocycles. The van der Waals surface area contributed by atoms with Crippen LogP contribution in [0.15, 0.2) is 28.7 Å². The molecule has 0 fully saturated rings. The third-order valence-corrected chi connectivity index (χ3v) is 3.43. The maximum absolute atomic E-state index is 12.4. The molecule has 118 valence electrons. The smallest absolute Gasteiger partial charge is 0.410 e. The quantitative estimate of drug-likeness (QED) is 0.760. The van der Waals surface area contributed by atoms with Gasteiger partial charge in [0.1, 0.15) is 5.60 Å². The van der Waals surface area contributed by atoms with Gasteiger partial charge in [-0.3, -0.25) is 0 Å². The van der Waals surface area contributed by atoms with Gasteiger partial charge in [-0.2, -0.15) is 0 Å². The predicted octanol–water partition coefficient (Wildman–Crippen LogP) is 5.03. The molecule has 0 aliphatic heterocycles. The van der Waals surface area contributed by atoms with Gasteiger partial charge in [0.05, 0.1) is 0 Å². The summed E-state index contributed by atoms with van der Waals surface area (Å²) in [5.41, 5.74) is 0.451. The molecule has 0 spiro atoms. The van der Waals surface area contributed by atoms with Crippen LogP contribution in [0, 0.1) is 0 Å². The lowest BCUT2D eigenvalue weighted by Gasteiger charge is -2.37. The normalized spacial score (nSPS) is 12.1. The maximum Gasteiger partial charge on any atom is 0.410 e. The van der Waals surface area contributed by atoms with Crippen molar-refractivity contribution < 1.29 is 9.53 Å². The van der Waals surface area contributed by atoms with Crippen molar-refractivity contribution in [3.8, 4) is 0 Å². The van der Waals surface area contributed by atoms with Gasteiger partial charge in [-0.25, -0.2) is 4.79 Å². The predicted molar refractivity (Wildman–Crippen MR) is 90.5 cm³/mol. The molecule has 4 heteroatoms. The van der Waals surface area contributed by atoms with Crippen LogP contribution in [0.1, 0.15) is 47.1 Å². The van der Waals surface area contributed by atoms with E-state index in [1.54, 1.807) is 4.90 Å². The van der Waals surface area contributed by atoms with Gasteiger partial charge in [0, 0.05) is 16.6 Å². The van der Waals surface area contributed by atoms with Gasteiger partial charge >= 0.3 is 6.09 Å². The van der Waals surface area contributed by atoms with Crippen LogP contribution >= 0.6 is 15.9 Å². The monoisotopic (exact) mass is 355 g/mol. The second-order valence-corrected chi connectivity index (χ2v) is 8.10. The highest BCUT2D eigenvalue weighted by atomic mass is 79.9. The Morgan fingerprint density at radius 3 is 2.29 bits per heavy atom. The summed E-state index contributed by atoms with van der Waals surface area (Å²) < 4.78 is 6.57. The Hall–Kier alpha value is -1.03. The van der Waals surface area contributed by atoms with Gasteiger partial charge in [-0.15, -0.1) is 0 Å². The van der Waals surface area contributed by atoms with E-state index < -0.39 is 5.60 Å². The van der Waals surface area contributed by atoms with Crippen molar-refractivity contribution >= 4 is 22.0 Å². The first-order valence-electron chi connectivity index (χ1n) is 7.24. The van der Waals surface area contributed by atoms with E-state index in [4.69, 9.17) is 4.74 Å². The van der Waals surface area contributed by atoms with E-state index in [1.807, 2.05) is 53.7 Å². The molecule has 0 aliphatic carbocycles. The largest absolute Gasteiger partial charge is 0.444 e. The zero-order valence-corrected chi connectivity index (χ0v) is 15.5. The number of rotatable bonds is 3. The van der Waals surface area contributed by atoms with E-state index in [2.05, 4.69) is 28.1 Å². The van der Waals surface area contributed by atoms with Gasteiger partial charge < -0.3 is 9.64 Å². The van der Waals surface area contributed by atoms with Crippen LogP contribution in [0.3, 0.4) is 0 Å². The molecule has 0 aliphatic rings. The van der Waals surface area contributed by atoms with E-state index in [-0.39, 0.29) is 11.6 Å². The Labute approximate surface area is 136 Å². The lowest BCUT2D eigenvalue weighted by molar-refractivity contribution is 0.00664. The minimum Gasteiger partial charge on any atom is -0.444 e. The Morgan fingerprint density at radius 1 is 1.19 bits per heavy atom. The Kier molecular flexibility index (Phi) is 5.85. The number of hydrogen-bond donors (Lipinski definition) is 0. The molecule has 0 unspecified atom stereocenters. The molecule has 0 heterocycles. The molecule has 1 aromatic rings. The van der Waals surface area contributed by atoms with Gasteiger partial charge in [-0.1, -0.05) is 28.1 Å². The van der Waals surface area contributed by atoms with Crippen molar-refractivity contribution in [1.82, 2.24) is 4.90 Å². The molecule has 21 heavy (non-hydrogen) atoms. The summed E-state index contributed by atoms with van der Waals surface area (Å²) in [6.07, 6.45) is 0.542. The third kappa shape index (κ3) is 6.51. The molecule has 0 atom stereocenters. The zero-order chi connectivity index (χ0) is 16.3. The number of amides is 1. The number of hydrogen-bond acceptors (Lipinski definition) is 2. The van der Waals surface area contributed by atoms with E-state index in [1.165, 1.54) is 5.56 Å². The topological polar surface area (TPSA) is 29.5 Å². The minimum atomic E-state index is -0.476. The summed E-state index contributed by atoms with van der Waals surface area (Å²) >= 11 is 3.47. The van der Waals surface area contributed by atoms with E-state index in [9.17, 15) is 4.79 Å². The first-order valence-corrected chi connectivity index (χ1v) is 8.03. The summed E-state index contributed by atoms with van der Waals surface area (Å²) in [5.74, 6) is 0.